The summed E-state index contributed by atoms with van der Waals surface area (Å²) in [5, 5.41) is 13.0. The number of nitrogens with one attached hydrogen (secondary N) is 1. The molecule has 3 heterocycles. The summed E-state index contributed by atoms with van der Waals surface area (Å²) in [6, 6.07) is 5.74. The number of hydrogen-bond acceptors (Lipinski definition) is 4. The number of halogens is 1. The highest BCUT2D eigenvalue weighted by atomic mass is 19.1. The van der Waals surface area contributed by atoms with Gasteiger partial charge in [0.15, 0.2) is 5.69 Å². The quantitative estimate of drug-likeness (QED) is 0.869. The van der Waals surface area contributed by atoms with Crippen molar-refractivity contribution in [2.24, 2.45) is 5.41 Å². The number of aromatic nitrogens is 2. The lowest BCUT2D eigenvalue weighted by Crippen LogP contribution is -2.33. The third kappa shape index (κ3) is 3.22. The Morgan fingerprint density at radius 1 is 1.33 bits per heavy atom. The highest BCUT2D eigenvalue weighted by Gasteiger charge is 2.39. The number of carbonyl (C=O) groups is 1. The van der Waals surface area contributed by atoms with Crippen LogP contribution in [0, 0.1) is 11.2 Å². The largest absolute Gasteiger partial charge is 0.501 e. The van der Waals surface area contributed by atoms with Crippen LogP contribution in [-0.4, -0.2) is 20.6 Å². The fraction of sp³-hybridized carbons (Fsp3) is 0.450. The normalized spacial score (nSPS) is 23.6. The number of benzene rings is 1. The lowest BCUT2D eigenvalue weighted by Gasteiger charge is -2.32. The lowest BCUT2D eigenvalue weighted by molar-refractivity contribution is 0.0941. The SMILES string of the molecule is CC12CCC(CC1)c1nc(C(=O)NCc3ccc(F)cc3)c(O)c(=O)n1C2. The molecule has 6 nitrogen and oxygen atoms in total. The van der Waals surface area contributed by atoms with Gasteiger partial charge in [-0.1, -0.05) is 19.1 Å². The van der Waals surface area contributed by atoms with Crippen LogP contribution in [0.3, 0.4) is 0 Å². The molecular weight excluding hydrogens is 349 g/mol. The molecule has 1 aromatic carbocycles. The minimum absolute atomic E-state index is 0.0338. The van der Waals surface area contributed by atoms with Gasteiger partial charge in [-0.05, 0) is 48.8 Å². The molecule has 2 N–H and O–H groups in total. The number of fused-ring (bicyclic) bond motifs is 2. The van der Waals surface area contributed by atoms with E-state index < -0.39 is 17.2 Å². The van der Waals surface area contributed by atoms with E-state index in [0.29, 0.717) is 17.9 Å². The summed E-state index contributed by atoms with van der Waals surface area (Å²) in [6.45, 7) is 2.83. The van der Waals surface area contributed by atoms with Crippen molar-refractivity contribution in [3.63, 3.8) is 0 Å². The molecule has 5 rings (SSSR count). The summed E-state index contributed by atoms with van der Waals surface area (Å²) in [4.78, 5) is 29.7. The van der Waals surface area contributed by atoms with Crippen molar-refractivity contribution >= 4 is 5.91 Å². The summed E-state index contributed by atoms with van der Waals surface area (Å²) >= 11 is 0. The van der Waals surface area contributed by atoms with Crippen LogP contribution in [0.25, 0.3) is 0 Å². The number of amides is 1. The summed E-state index contributed by atoms with van der Waals surface area (Å²) < 4.78 is 14.5. The number of hydrogen-bond donors (Lipinski definition) is 2. The van der Waals surface area contributed by atoms with E-state index in [0.717, 1.165) is 25.7 Å². The third-order valence-electron chi connectivity index (χ3n) is 5.85. The van der Waals surface area contributed by atoms with Gasteiger partial charge in [0.1, 0.15) is 11.6 Å². The van der Waals surface area contributed by atoms with Crippen molar-refractivity contribution in [2.45, 2.75) is 51.6 Å². The molecule has 1 saturated carbocycles. The van der Waals surface area contributed by atoms with Gasteiger partial charge in [0, 0.05) is 19.0 Å². The van der Waals surface area contributed by atoms with Gasteiger partial charge in [-0.25, -0.2) is 9.37 Å². The molecule has 142 valence electrons. The first kappa shape index (κ1) is 17.7. The van der Waals surface area contributed by atoms with Gasteiger partial charge in [-0.3, -0.25) is 14.2 Å². The van der Waals surface area contributed by atoms with E-state index in [1.807, 2.05) is 0 Å². The first-order valence-corrected chi connectivity index (χ1v) is 9.23. The number of carbonyl (C=O) groups excluding carboxylic acids is 1. The maximum absolute atomic E-state index is 13.0. The van der Waals surface area contributed by atoms with E-state index in [-0.39, 0.29) is 29.4 Å². The van der Waals surface area contributed by atoms with Crippen molar-refractivity contribution in [1.29, 1.82) is 0 Å². The molecule has 3 aliphatic rings. The predicted molar refractivity (Wildman–Crippen MR) is 97.0 cm³/mol. The highest BCUT2D eigenvalue weighted by Crippen LogP contribution is 2.46. The van der Waals surface area contributed by atoms with E-state index in [9.17, 15) is 19.1 Å². The second-order valence-electron chi connectivity index (χ2n) is 7.95. The molecular formula is C20H22FN3O3. The van der Waals surface area contributed by atoms with Gasteiger partial charge < -0.3 is 10.4 Å². The van der Waals surface area contributed by atoms with Gasteiger partial charge in [0.25, 0.3) is 11.5 Å². The number of aromatic hydroxyl groups is 1. The molecule has 0 spiro atoms. The van der Waals surface area contributed by atoms with Gasteiger partial charge >= 0.3 is 0 Å². The molecule has 0 radical (unpaired) electrons. The molecule has 2 aromatic rings. The van der Waals surface area contributed by atoms with E-state index in [4.69, 9.17) is 0 Å². The Balaban J connectivity index is 1.63. The van der Waals surface area contributed by atoms with Crippen molar-refractivity contribution < 1.29 is 14.3 Å². The first-order valence-electron chi connectivity index (χ1n) is 9.23. The second kappa shape index (κ2) is 6.48. The summed E-state index contributed by atoms with van der Waals surface area (Å²) in [7, 11) is 0. The Morgan fingerprint density at radius 3 is 2.67 bits per heavy atom. The minimum Gasteiger partial charge on any atom is -0.501 e. The zero-order valence-electron chi connectivity index (χ0n) is 15.2. The van der Waals surface area contributed by atoms with Gasteiger partial charge in [0.2, 0.25) is 5.75 Å². The van der Waals surface area contributed by atoms with Gasteiger partial charge in [-0.2, -0.15) is 0 Å². The fourth-order valence-electron chi connectivity index (χ4n) is 4.16. The van der Waals surface area contributed by atoms with Crippen LogP contribution in [0.4, 0.5) is 4.39 Å². The van der Waals surface area contributed by atoms with E-state index in [1.165, 1.54) is 12.1 Å². The number of nitrogens with zero attached hydrogens (tertiary/aromatic N) is 2. The van der Waals surface area contributed by atoms with Crippen molar-refractivity contribution in [1.82, 2.24) is 14.9 Å². The van der Waals surface area contributed by atoms with Crippen LogP contribution in [0.1, 0.15) is 60.4 Å². The summed E-state index contributed by atoms with van der Waals surface area (Å²) in [5.41, 5.74) is -0.0374. The highest BCUT2D eigenvalue weighted by molar-refractivity contribution is 5.94. The Morgan fingerprint density at radius 2 is 2.00 bits per heavy atom. The van der Waals surface area contributed by atoms with E-state index in [1.54, 1.807) is 16.7 Å². The van der Waals surface area contributed by atoms with Gasteiger partial charge in [-0.15, -0.1) is 0 Å². The Bertz CT molecular complexity index is 944. The maximum atomic E-state index is 13.0. The molecule has 2 bridgehead atoms. The summed E-state index contributed by atoms with van der Waals surface area (Å²) in [5.74, 6) is -0.835. The molecule has 1 amide bonds. The van der Waals surface area contributed by atoms with Crippen LogP contribution < -0.4 is 10.9 Å². The molecule has 0 atom stereocenters. The monoisotopic (exact) mass is 371 g/mol. The van der Waals surface area contributed by atoms with Gasteiger partial charge in [0.05, 0.1) is 0 Å². The average Bonchev–Trinajstić information content (AvgIpc) is 2.89. The second-order valence-corrected chi connectivity index (χ2v) is 7.95. The molecule has 27 heavy (non-hydrogen) atoms. The van der Waals surface area contributed by atoms with E-state index in [2.05, 4.69) is 17.2 Å². The molecule has 0 unspecified atom stereocenters. The first-order chi connectivity index (χ1) is 12.9. The lowest BCUT2D eigenvalue weighted by atomic mass is 9.73. The standard InChI is InChI=1S/C20H22FN3O3/c1-20-8-6-13(7-9-20)17-23-15(16(25)19(27)24(17)11-20)18(26)22-10-12-2-4-14(21)5-3-12/h2-5,13,25H,6-11H2,1H3,(H,22,26). The molecule has 1 aliphatic carbocycles. The summed E-state index contributed by atoms with van der Waals surface area (Å²) in [6.07, 6.45) is 3.88. The topological polar surface area (TPSA) is 84.2 Å². The van der Waals surface area contributed by atoms with Crippen molar-refractivity contribution in [3.05, 3.63) is 57.5 Å². The van der Waals surface area contributed by atoms with Crippen LogP contribution in [0.2, 0.25) is 0 Å². The minimum atomic E-state index is -0.611. The molecule has 1 aromatic heterocycles. The van der Waals surface area contributed by atoms with Crippen molar-refractivity contribution in [3.8, 4) is 5.75 Å². The average molecular weight is 371 g/mol. The zero-order chi connectivity index (χ0) is 19.2. The molecule has 2 aliphatic heterocycles. The fourth-order valence-corrected chi connectivity index (χ4v) is 4.16. The molecule has 0 saturated heterocycles. The van der Waals surface area contributed by atoms with Crippen LogP contribution in [-0.2, 0) is 13.1 Å². The molecule has 1 fully saturated rings. The molecule has 7 heteroatoms. The Hall–Kier alpha value is -2.70. The maximum Gasteiger partial charge on any atom is 0.296 e. The smallest absolute Gasteiger partial charge is 0.296 e. The van der Waals surface area contributed by atoms with Crippen LogP contribution >= 0.6 is 0 Å². The number of rotatable bonds is 3. The van der Waals surface area contributed by atoms with Crippen LogP contribution in [0.15, 0.2) is 29.1 Å². The Kier molecular flexibility index (Phi) is 4.25. The third-order valence-corrected chi connectivity index (χ3v) is 5.85. The van der Waals surface area contributed by atoms with Crippen LogP contribution in [0.5, 0.6) is 5.75 Å². The van der Waals surface area contributed by atoms with E-state index >= 15 is 0 Å². The predicted octanol–water partition coefficient (Wildman–Crippen LogP) is 2.70. The zero-order valence-corrected chi connectivity index (χ0v) is 15.2. The Labute approximate surface area is 156 Å². The van der Waals surface area contributed by atoms with Crippen molar-refractivity contribution in [2.75, 3.05) is 0 Å².